The molecule has 76 valence electrons. The van der Waals surface area contributed by atoms with Crippen LogP contribution in [-0.4, -0.2) is 16.8 Å². The van der Waals surface area contributed by atoms with Crippen molar-refractivity contribution in [2.24, 2.45) is 11.8 Å². The third kappa shape index (κ3) is 1.89. The van der Waals surface area contributed by atoms with Gasteiger partial charge in [-0.2, -0.15) is 0 Å². The zero-order chi connectivity index (χ0) is 9.47. The Morgan fingerprint density at radius 1 is 1.31 bits per heavy atom. The summed E-state index contributed by atoms with van der Waals surface area (Å²) >= 11 is 2.03. The maximum atomic E-state index is 5.83. The monoisotopic (exact) mass is 200 g/mol. The molecule has 1 saturated heterocycles. The van der Waals surface area contributed by atoms with Gasteiger partial charge in [0.25, 0.3) is 0 Å². The first kappa shape index (κ1) is 9.85. The Morgan fingerprint density at radius 2 is 2.08 bits per heavy atom. The second-order valence-electron chi connectivity index (χ2n) is 5.10. The Balaban J connectivity index is 2.08. The number of hydrogen-bond acceptors (Lipinski definition) is 2. The zero-order valence-electron chi connectivity index (χ0n) is 8.88. The first-order chi connectivity index (χ1) is 6.09. The van der Waals surface area contributed by atoms with E-state index in [-0.39, 0.29) is 5.60 Å². The molecule has 0 amide bonds. The van der Waals surface area contributed by atoms with Crippen LogP contribution < -0.4 is 0 Å². The van der Waals surface area contributed by atoms with E-state index in [0.717, 1.165) is 23.0 Å². The molecule has 1 heterocycles. The van der Waals surface area contributed by atoms with Gasteiger partial charge in [-0.15, -0.1) is 11.8 Å². The Morgan fingerprint density at radius 3 is 2.85 bits per heavy atom. The summed E-state index contributed by atoms with van der Waals surface area (Å²) in [4.78, 5) is 0. The Kier molecular flexibility index (Phi) is 2.63. The van der Waals surface area contributed by atoms with Gasteiger partial charge in [-0.25, -0.2) is 0 Å². The first-order valence-electron chi connectivity index (χ1n) is 5.35. The lowest BCUT2D eigenvalue weighted by Crippen LogP contribution is -2.47. The lowest BCUT2D eigenvalue weighted by molar-refractivity contribution is -0.0591. The van der Waals surface area contributed by atoms with Crippen LogP contribution in [0.3, 0.4) is 0 Å². The molecule has 2 aliphatic rings. The second kappa shape index (κ2) is 3.47. The van der Waals surface area contributed by atoms with E-state index in [1.165, 1.54) is 19.3 Å². The van der Waals surface area contributed by atoms with Crippen LogP contribution in [0.5, 0.6) is 0 Å². The third-order valence-corrected chi connectivity index (χ3v) is 4.86. The van der Waals surface area contributed by atoms with Crippen LogP contribution in [0, 0.1) is 11.8 Å². The summed E-state index contributed by atoms with van der Waals surface area (Å²) in [6.07, 6.45) is 4.17. The quantitative estimate of drug-likeness (QED) is 0.593. The molecular formula is C11H20OS. The molecule has 13 heavy (non-hydrogen) atoms. The normalized spacial score (nSPS) is 44.1. The van der Waals surface area contributed by atoms with E-state index in [1.807, 2.05) is 11.8 Å². The number of thioether (sulfide) groups is 1. The molecule has 0 spiro atoms. The van der Waals surface area contributed by atoms with Crippen LogP contribution in [0.2, 0.25) is 0 Å². The van der Waals surface area contributed by atoms with E-state index in [4.69, 9.17) is 4.74 Å². The Bertz CT molecular complexity index is 191. The number of ether oxygens (including phenoxy) is 1. The number of rotatable bonds is 0. The summed E-state index contributed by atoms with van der Waals surface area (Å²) in [6.45, 7) is 6.92. The fraction of sp³-hybridized carbons (Fsp3) is 1.00. The van der Waals surface area contributed by atoms with E-state index >= 15 is 0 Å². The van der Waals surface area contributed by atoms with Gasteiger partial charge in [-0.3, -0.25) is 0 Å². The molecule has 1 aliphatic carbocycles. The SMILES string of the molecule is CC1CCC2C(C1)SCOC2(C)C. The minimum Gasteiger partial charge on any atom is -0.365 e. The summed E-state index contributed by atoms with van der Waals surface area (Å²) in [5.74, 6) is 2.63. The molecule has 0 bridgehead atoms. The number of fused-ring (bicyclic) bond motifs is 1. The average Bonchev–Trinajstić information content (AvgIpc) is 2.02. The van der Waals surface area contributed by atoms with Gasteiger partial charge in [0, 0.05) is 5.25 Å². The molecule has 2 heteroatoms. The summed E-state index contributed by atoms with van der Waals surface area (Å²) in [6, 6.07) is 0. The third-order valence-electron chi connectivity index (χ3n) is 3.66. The van der Waals surface area contributed by atoms with Crippen molar-refractivity contribution in [3.8, 4) is 0 Å². The standard InChI is InChI=1S/C11H20OS/c1-8-4-5-9-10(6-8)13-7-12-11(9,2)3/h8-10H,4-7H2,1-3H3. The lowest BCUT2D eigenvalue weighted by atomic mass is 9.75. The number of hydrogen-bond donors (Lipinski definition) is 0. The Hall–Kier alpha value is 0.310. The fourth-order valence-electron chi connectivity index (χ4n) is 2.69. The highest BCUT2D eigenvalue weighted by Crippen LogP contribution is 2.46. The molecule has 2 fully saturated rings. The molecule has 1 aliphatic heterocycles. The van der Waals surface area contributed by atoms with Crippen LogP contribution in [0.4, 0.5) is 0 Å². The first-order valence-corrected chi connectivity index (χ1v) is 6.40. The van der Waals surface area contributed by atoms with Crippen LogP contribution in [0.1, 0.15) is 40.0 Å². The van der Waals surface area contributed by atoms with Crippen molar-refractivity contribution in [3.05, 3.63) is 0 Å². The highest BCUT2D eigenvalue weighted by molar-refractivity contribution is 7.99. The summed E-state index contributed by atoms with van der Waals surface area (Å²) in [7, 11) is 0. The molecule has 0 radical (unpaired) electrons. The van der Waals surface area contributed by atoms with E-state index in [9.17, 15) is 0 Å². The van der Waals surface area contributed by atoms with Gasteiger partial charge >= 0.3 is 0 Å². The second-order valence-corrected chi connectivity index (χ2v) is 6.27. The minimum atomic E-state index is 0.135. The van der Waals surface area contributed by atoms with Gasteiger partial charge in [-0.05, 0) is 38.5 Å². The molecule has 0 N–H and O–H groups in total. The van der Waals surface area contributed by atoms with Crippen molar-refractivity contribution >= 4 is 11.8 Å². The molecule has 1 nitrogen and oxygen atoms in total. The Labute approximate surface area is 85.6 Å². The predicted octanol–water partition coefficient (Wildman–Crippen LogP) is 3.29. The lowest BCUT2D eigenvalue weighted by Gasteiger charge is -2.47. The van der Waals surface area contributed by atoms with Gasteiger partial charge in [0.15, 0.2) is 0 Å². The van der Waals surface area contributed by atoms with Crippen molar-refractivity contribution < 1.29 is 4.74 Å². The van der Waals surface area contributed by atoms with Gasteiger partial charge in [-0.1, -0.05) is 13.3 Å². The molecule has 2 rings (SSSR count). The van der Waals surface area contributed by atoms with E-state index in [1.54, 1.807) is 0 Å². The topological polar surface area (TPSA) is 9.23 Å². The molecule has 0 aromatic heterocycles. The van der Waals surface area contributed by atoms with Gasteiger partial charge in [0.1, 0.15) is 0 Å². The van der Waals surface area contributed by atoms with Crippen LogP contribution in [0.15, 0.2) is 0 Å². The predicted molar refractivity (Wildman–Crippen MR) is 57.9 cm³/mol. The highest BCUT2D eigenvalue weighted by atomic mass is 32.2. The molecular weight excluding hydrogens is 180 g/mol. The van der Waals surface area contributed by atoms with Crippen molar-refractivity contribution in [2.45, 2.75) is 50.9 Å². The minimum absolute atomic E-state index is 0.135. The van der Waals surface area contributed by atoms with Gasteiger partial charge < -0.3 is 4.74 Å². The zero-order valence-corrected chi connectivity index (χ0v) is 9.69. The smallest absolute Gasteiger partial charge is 0.0931 e. The van der Waals surface area contributed by atoms with Crippen LogP contribution in [-0.2, 0) is 4.74 Å². The van der Waals surface area contributed by atoms with Crippen molar-refractivity contribution in [1.82, 2.24) is 0 Å². The van der Waals surface area contributed by atoms with E-state index in [0.29, 0.717) is 0 Å². The maximum Gasteiger partial charge on any atom is 0.0931 e. The summed E-state index contributed by atoms with van der Waals surface area (Å²) in [5, 5.41) is 0.868. The fourth-order valence-corrected chi connectivity index (χ4v) is 4.40. The van der Waals surface area contributed by atoms with Crippen LogP contribution >= 0.6 is 11.8 Å². The van der Waals surface area contributed by atoms with Crippen molar-refractivity contribution in [3.63, 3.8) is 0 Å². The molecule has 0 aromatic carbocycles. The van der Waals surface area contributed by atoms with Gasteiger partial charge in [0.05, 0.1) is 11.5 Å². The average molecular weight is 200 g/mol. The maximum absolute atomic E-state index is 5.83. The highest BCUT2D eigenvalue weighted by Gasteiger charge is 2.42. The molecule has 3 atom stereocenters. The largest absolute Gasteiger partial charge is 0.365 e. The van der Waals surface area contributed by atoms with E-state index in [2.05, 4.69) is 20.8 Å². The summed E-state index contributed by atoms with van der Waals surface area (Å²) in [5.41, 5.74) is 0.135. The van der Waals surface area contributed by atoms with Crippen LogP contribution in [0.25, 0.3) is 0 Å². The van der Waals surface area contributed by atoms with Crippen molar-refractivity contribution in [1.29, 1.82) is 0 Å². The molecule has 3 unspecified atom stereocenters. The van der Waals surface area contributed by atoms with Crippen molar-refractivity contribution in [2.75, 3.05) is 5.94 Å². The van der Waals surface area contributed by atoms with E-state index < -0.39 is 0 Å². The molecule has 0 aromatic rings. The molecule has 1 saturated carbocycles. The summed E-state index contributed by atoms with van der Waals surface area (Å²) < 4.78 is 5.83. The van der Waals surface area contributed by atoms with Gasteiger partial charge in [0.2, 0.25) is 0 Å².